The molecule has 0 aliphatic heterocycles. The summed E-state index contributed by atoms with van der Waals surface area (Å²) in [5.41, 5.74) is 0.810. The van der Waals surface area contributed by atoms with Crippen LogP contribution in [-0.4, -0.2) is 5.97 Å². The second-order valence-corrected chi connectivity index (χ2v) is 2.71. The molecule has 2 nitrogen and oxygen atoms in total. The highest BCUT2D eigenvalue weighted by atomic mass is 16.5. The zero-order chi connectivity index (χ0) is 10.4. The summed E-state index contributed by atoms with van der Waals surface area (Å²) in [5, 5.41) is 0. The van der Waals surface area contributed by atoms with E-state index < -0.39 is 0 Å². The van der Waals surface area contributed by atoms with Crippen LogP contribution in [0.15, 0.2) is 43.5 Å². The minimum absolute atomic E-state index is 0.214. The maximum Gasteiger partial charge on any atom is 0.315 e. The Labute approximate surface area is 83.5 Å². The molecule has 0 heterocycles. The SMILES string of the molecule is C=CCC(=O)Oc1ccccc1C=C. The van der Waals surface area contributed by atoms with E-state index in [4.69, 9.17) is 4.74 Å². The van der Waals surface area contributed by atoms with E-state index in [1.807, 2.05) is 18.2 Å². The predicted octanol–water partition coefficient (Wildman–Crippen LogP) is 2.81. The van der Waals surface area contributed by atoms with E-state index in [9.17, 15) is 4.79 Å². The highest BCUT2D eigenvalue weighted by Gasteiger charge is 2.04. The van der Waals surface area contributed by atoms with E-state index in [0.717, 1.165) is 5.56 Å². The number of carbonyl (C=O) groups is 1. The van der Waals surface area contributed by atoms with Crippen molar-refractivity contribution in [2.75, 3.05) is 0 Å². The quantitative estimate of drug-likeness (QED) is 0.412. The molecule has 0 radical (unpaired) electrons. The fraction of sp³-hybridized carbons (Fsp3) is 0.0833. The Bertz CT molecular complexity index is 353. The van der Waals surface area contributed by atoms with Crippen LogP contribution in [-0.2, 0) is 4.79 Å². The lowest BCUT2D eigenvalue weighted by Crippen LogP contribution is -2.06. The molecule has 72 valence electrons. The zero-order valence-electron chi connectivity index (χ0n) is 7.90. The van der Waals surface area contributed by atoms with Crippen molar-refractivity contribution in [2.45, 2.75) is 6.42 Å². The van der Waals surface area contributed by atoms with Gasteiger partial charge in [0.15, 0.2) is 0 Å². The van der Waals surface area contributed by atoms with E-state index in [-0.39, 0.29) is 12.4 Å². The second-order valence-electron chi connectivity index (χ2n) is 2.71. The van der Waals surface area contributed by atoms with Crippen molar-refractivity contribution in [3.63, 3.8) is 0 Å². The number of hydrogen-bond acceptors (Lipinski definition) is 2. The van der Waals surface area contributed by atoms with E-state index in [1.54, 1.807) is 12.1 Å². The van der Waals surface area contributed by atoms with Crippen LogP contribution >= 0.6 is 0 Å². The first-order valence-electron chi connectivity index (χ1n) is 4.31. The van der Waals surface area contributed by atoms with Gasteiger partial charge < -0.3 is 4.74 Å². The van der Waals surface area contributed by atoms with Crippen LogP contribution in [0.2, 0.25) is 0 Å². The van der Waals surface area contributed by atoms with Crippen LogP contribution in [0, 0.1) is 0 Å². The molecule has 0 saturated carbocycles. The van der Waals surface area contributed by atoms with Crippen molar-refractivity contribution in [3.05, 3.63) is 49.1 Å². The van der Waals surface area contributed by atoms with Gasteiger partial charge in [0.1, 0.15) is 5.75 Å². The van der Waals surface area contributed by atoms with Gasteiger partial charge in [-0.2, -0.15) is 0 Å². The zero-order valence-corrected chi connectivity index (χ0v) is 7.90. The van der Waals surface area contributed by atoms with Gasteiger partial charge in [-0.15, -0.1) is 6.58 Å². The molecule has 1 rings (SSSR count). The van der Waals surface area contributed by atoms with Gasteiger partial charge in [0.2, 0.25) is 0 Å². The van der Waals surface area contributed by atoms with Gasteiger partial charge in [-0.3, -0.25) is 4.79 Å². The molecule has 14 heavy (non-hydrogen) atoms. The summed E-state index contributed by atoms with van der Waals surface area (Å²) in [5.74, 6) is 0.226. The molecule has 0 N–H and O–H groups in total. The smallest absolute Gasteiger partial charge is 0.315 e. The van der Waals surface area contributed by atoms with Crippen molar-refractivity contribution in [3.8, 4) is 5.75 Å². The Kier molecular flexibility index (Phi) is 3.68. The summed E-state index contributed by atoms with van der Waals surface area (Å²) >= 11 is 0. The molecule has 0 spiro atoms. The van der Waals surface area contributed by atoms with Gasteiger partial charge >= 0.3 is 5.97 Å². The molecule has 0 aliphatic rings. The topological polar surface area (TPSA) is 26.3 Å². The monoisotopic (exact) mass is 188 g/mol. The molecule has 0 amide bonds. The van der Waals surface area contributed by atoms with Crippen molar-refractivity contribution in [2.24, 2.45) is 0 Å². The number of carbonyl (C=O) groups excluding carboxylic acids is 1. The molecule has 0 bridgehead atoms. The number of para-hydroxylation sites is 1. The van der Waals surface area contributed by atoms with Gasteiger partial charge in [0, 0.05) is 5.56 Å². The molecular formula is C12H12O2. The van der Waals surface area contributed by atoms with E-state index >= 15 is 0 Å². The summed E-state index contributed by atoms with van der Waals surface area (Å²) in [6.45, 7) is 7.10. The lowest BCUT2D eigenvalue weighted by atomic mass is 10.2. The second kappa shape index (κ2) is 5.02. The largest absolute Gasteiger partial charge is 0.426 e. The minimum Gasteiger partial charge on any atom is -0.426 e. The molecule has 0 saturated heterocycles. The molecule has 0 aliphatic carbocycles. The first-order valence-corrected chi connectivity index (χ1v) is 4.31. The highest BCUT2D eigenvalue weighted by Crippen LogP contribution is 2.19. The van der Waals surface area contributed by atoms with Gasteiger partial charge in [-0.1, -0.05) is 36.9 Å². The first kappa shape index (κ1) is 10.3. The number of esters is 1. The summed E-state index contributed by atoms with van der Waals surface area (Å²) in [6.07, 6.45) is 3.38. The van der Waals surface area contributed by atoms with E-state index in [2.05, 4.69) is 13.2 Å². The molecule has 0 atom stereocenters. The molecular weight excluding hydrogens is 176 g/mol. The number of ether oxygens (including phenoxy) is 1. The summed E-state index contributed by atoms with van der Waals surface area (Å²) < 4.78 is 5.10. The Morgan fingerprint density at radius 2 is 2.07 bits per heavy atom. The predicted molar refractivity (Wildman–Crippen MR) is 57.0 cm³/mol. The Hall–Kier alpha value is -1.83. The highest BCUT2D eigenvalue weighted by molar-refractivity contribution is 5.75. The third-order valence-corrected chi connectivity index (χ3v) is 1.67. The van der Waals surface area contributed by atoms with E-state index in [0.29, 0.717) is 5.75 Å². The molecule has 1 aromatic rings. The van der Waals surface area contributed by atoms with Crippen molar-refractivity contribution < 1.29 is 9.53 Å². The maximum atomic E-state index is 11.2. The standard InChI is InChI=1S/C12H12O2/c1-3-7-12(13)14-11-9-6-5-8-10(11)4-2/h3-6,8-9H,1-2,7H2. The lowest BCUT2D eigenvalue weighted by Gasteiger charge is -2.05. The van der Waals surface area contributed by atoms with Crippen molar-refractivity contribution >= 4 is 12.0 Å². The lowest BCUT2D eigenvalue weighted by molar-refractivity contribution is -0.133. The van der Waals surface area contributed by atoms with Crippen LogP contribution in [0.4, 0.5) is 0 Å². The summed E-state index contributed by atoms with van der Waals surface area (Å²) in [7, 11) is 0. The number of benzene rings is 1. The Balaban J connectivity index is 2.79. The average Bonchev–Trinajstić information content (AvgIpc) is 2.19. The molecule has 1 aromatic carbocycles. The van der Waals surface area contributed by atoms with Crippen LogP contribution < -0.4 is 4.74 Å². The first-order chi connectivity index (χ1) is 6.77. The fourth-order valence-corrected chi connectivity index (χ4v) is 1.02. The molecule has 2 heteroatoms. The van der Waals surface area contributed by atoms with E-state index in [1.165, 1.54) is 6.08 Å². The van der Waals surface area contributed by atoms with Gasteiger partial charge in [-0.25, -0.2) is 0 Å². The third kappa shape index (κ3) is 2.59. The molecule has 0 unspecified atom stereocenters. The summed E-state index contributed by atoms with van der Waals surface area (Å²) in [4.78, 5) is 11.2. The molecule has 0 fully saturated rings. The number of rotatable bonds is 4. The van der Waals surface area contributed by atoms with Crippen molar-refractivity contribution in [1.82, 2.24) is 0 Å². The normalized spacial score (nSPS) is 9.14. The van der Waals surface area contributed by atoms with Gasteiger partial charge in [0.05, 0.1) is 6.42 Å². The Morgan fingerprint density at radius 3 is 2.71 bits per heavy atom. The van der Waals surface area contributed by atoms with Crippen molar-refractivity contribution in [1.29, 1.82) is 0 Å². The average molecular weight is 188 g/mol. The van der Waals surface area contributed by atoms with Crippen LogP contribution in [0.5, 0.6) is 5.75 Å². The third-order valence-electron chi connectivity index (χ3n) is 1.67. The van der Waals surface area contributed by atoms with Gasteiger partial charge in [-0.05, 0) is 6.07 Å². The summed E-state index contributed by atoms with van der Waals surface area (Å²) in [6, 6.07) is 7.24. The van der Waals surface area contributed by atoms with Crippen LogP contribution in [0.3, 0.4) is 0 Å². The maximum absolute atomic E-state index is 11.2. The Morgan fingerprint density at radius 1 is 1.36 bits per heavy atom. The fourth-order valence-electron chi connectivity index (χ4n) is 1.02. The molecule has 0 aromatic heterocycles. The van der Waals surface area contributed by atoms with Crippen LogP contribution in [0.25, 0.3) is 6.08 Å². The van der Waals surface area contributed by atoms with Gasteiger partial charge in [0.25, 0.3) is 0 Å². The van der Waals surface area contributed by atoms with Crippen LogP contribution in [0.1, 0.15) is 12.0 Å². The number of hydrogen-bond donors (Lipinski definition) is 0. The minimum atomic E-state index is -0.311.